The minimum atomic E-state index is -3.10. The maximum atomic E-state index is 15.2. The molecule has 0 saturated carbocycles. The maximum absolute atomic E-state index is 15.2. The first-order valence-electron chi connectivity index (χ1n) is 21.3. The molecule has 0 radical (unpaired) electrons. The summed E-state index contributed by atoms with van der Waals surface area (Å²) in [6.45, 7) is 9.02. The van der Waals surface area contributed by atoms with Crippen LogP contribution < -0.4 is 19.9 Å². The number of nitrogens with one attached hydrogen (secondary N) is 1. The van der Waals surface area contributed by atoms with Crippen molar-refractivity contribution in [3.05, 3.63) is 118 Å². The Labute approximate surface area is 364 Å². The first-order chi connectivity index (χ1) is 29.3. The van der Waals surface area contributed by atoms with Crippen LogP contribution in [0.2, 0.25) is 23.7 Å². The van der Waals surface area contributed by atoms with E-state index < -0.39 is 37.5 Å². The molecule has 5 atom stereocenters. The molecule has 324 valence electrons. The Kier molecular flexibility index (Phi) is 13.7. The molecule has 3 aliphatic rings. The van der Waals surface area contributed by atoms with Gasteiger partial charge in [-0.1, -0.05) is 61.0 Å². The number of hydrogen-bond donors (Lipinski definition) is 4. The first-order valence-corrected chi connectivity index (χ1v) is 24.7. The Balaban J connectivity index is 1.20. The number of rotatable bonds is 17. The van der Waals surface area contributed by atoms with Gasteiger partial charge in [0.15, 0.2) is 13.9 Å². The maximum Gasteiger partial charge on any atom is 0.264 e. The molecular weight excluding hydrogens is 812 g/mol. The second kappa shape index (κ2) is 18.8. The van der Waals surface area contributed by atoms with Gasteiger partial charge in [0.2, 0.25) is 11.8 Å². The molecule has 1 spiro atoms. The smallest absolute Gasteiger partial charge is 0.264 e. The van der Waals surface area contributed by atoms with Crippen molar-refractivity contribution >= 4 is 54.7 Å². The van der Waals surface area contributed by atoms with E-state index in [1.807, 2.05) is 106 Å². The number of unbranched alkanes of at least 4 members (excludes halogenated alkanes) is 1. The molecule has 3 amide bonds. The summed E-state index contributed by atoms with van der Waals surface area (Å²) in [6, 6.07) is 27.7. The van der Waals surface area contributed by atoms with Crippen molar-refractivity contribution in [1.29, 1.82) is 0 Å². The number of carbonyl (C=O) groups excluding carboxylic acids is 3. The molecule has 0 aliphatic carbocycles. The highest BCUT2D eigenvalue weighted by atomic mass is 35.5. The van der Waals surface area contributed by atoms with Crippen molar-refractivity contribution in [1.82, 2.24) is 10.2 Å². The predicted octanol–water partition coefficient (Wildman–Crippen LogP) is 6.45. The van der Waals surface area contributed by atoms with Crippen molar-refractivity contribution < 1.29 is 38.9 Å². The van der Waals surface area contributed by atoms with Gasteiger partial charge in [-0.2, -0.15) is 0 Å². The van der Waals surface area contributed by atoms with Crippen LogP contribution >= 0.6 is 11.6 Å². The van der Waals surface area contributed by atoms with E-state index in [0.717, 1.165) is 34.5 Å². The Morgan fingerprint density at radius 1 is 0.967 bits per heavy atom. The summed E-state index contributed by atoms with van der Waals surface area (Å²) in [7, 11) is -3.10. The number of hydrogen-bond acceptors (Lipinski definition) is 9. The fourth-order valence-corrected chi connectivity index (χ4v) is 12.3. The third-order valence-electron chi connectivity index (χ3n) is 12.3. The monoisotopic (exact) mass is 868 g/mol. The summed E-state index contributed by atoms with van der Waals surface area (Å²) < 4.78 is 12.8. The zero-order valence-electron chi connectivity index (χ0n) is 35.4. The highest BCUT2D eigenvalue weighted by molar-refractivity contribution is 6.71. The van der Waals surface area contributed by atoms with Crippen LogP contribution in [0.15, 0.2) is 91.0 Å². The number of benzene rings is 4. The zero-order valence-corrected chi connectivity index (χ0v) is 37.1. The lowest BCUT2D eigenvalue weighted by Crippen LogP contribution is -2.49. The summed E-state index contributed by atoms with van der Waals surface area (Å²) in [5.41, 5.74) is 3.23. The molecule has 3 heterocycles. The van der Waals surface area contributed by atoms with Gasteiger partial charge in [-0.05, 0) is 111 Å². The van der Waals surface area contributed by atoms with Gasteiger partial charge >= 0.3 is 0 Å². The number of amides is 3. The number of aliphatic hydroxyl groups excluding tert-OH is 2. The van der Waals surface area contributed by atoms with E-state index in [9.17, 15) is 24.6 Å². The molecule has 61 heavy (non-hydrogen) atoms. The number of fused-ring (bicyclic) bond motifs is 3. The third-order valence-corrected chi connectivity index (χ3v) is 15.0. The fraction of sp³-hybridized carbons (Fsp3) is 0.426. The lowest BCUT2D eigenvalue weighted by Gasteiger charge is -2.35. The molecule has 1 saturated heterocycles. The van der Waals surface area contributed by atoms with Gasteiger partial charge < -0.3 is 39.6 Å². The fourth-order valence-electron chi connectivity index (χ4n) is 9.62. The average molecular weight is 870 g/mol. The Morgan fingerprint density at radius 3 is 2.44 bits per heavy atom. The second-order valence-electron chi connectivity index (χ2n) is 16.9. The van der Waals surface area contributed by atoms with Gasteiger partial charge in [0.05, 0.1) is 49.7 Å². The van der Waals surface area contributed by atoms with Gasteiger partial charge in [0.25, 0.3) is 5.91 Å². The van der Waals surface area contributed by atoms with E-state index in [-0.39, 0.29) is 50.4 Å². The number of halogens is 1. The molecule has 4 N–H and O–H groups in total. The molecular formula is C47H57ClN4O8Si. The molecule has 1 unspecified atom stereocenters. The van der Waals surface area contributed by atoms with E-state index in [2.05, 4.69) is 5.32 Å². The van der Waals surface area contributed by atoms with E-state index in [1.54, 1.807) is 26.8 Å². The minimum Gasteiger partial charge on any atom is -0.494 e. The lowest BCUT2D eigenvalue weighted by atomic mass is 9.82. The Morgan fingerprint density at radius 2 is 1.72 bits per heavy atom. The van der Waals surface area contributed by atoms with Crippen molar-refractivity contribution in [2.75, 3.05) is 42.7 Å². The predicted molar refractivity (Wildman–Crippen MR) is 238 cm³/mol. The van der Waals surface area contributed by atoms with Crippen molar-refractivity contribution in [2.24, 2.45) is 5.92 Å². The molecule has 0 bridgehead atoms. The molecule has 1 fully saturated rings. The van der Waals surface area contributed by atoms with Crippen LogP contribution in [-0.4, -0.2) is 91.0 Å². The van der Waals surface area contributed by atoms with Crippen molar-refractivity contribution in [3.63, 3.8) is 0 Å². The first kappa shape index (κ1) is 44.5. The molecule has 4 aromatic rings. The van der Waals surface area contributed by atoms with E-state index >= 15 is 4.79 Å². The Hall–Kier alpha value is -4.60. The van der Waals surface area contributed by atoms with Crippen LogP contribution in [0.1, 0.15) is 55.4 Å². The second-order valence-corrected chi connectivity index (χ2v) is 21.3. The van der Waals surface area contributed by atoms with Gasteiger partial charge in [-0.15, -0.1) is 0 Å². The number of nitrogens with zero attached hydrogens (tertiary/aromatic N) is 3. The van der Waals surface area contributed by atoms with E-state index in [1.165, 1.54) is 0 Å². The number of ether oxygens (including phenoxy) is 2. The van der Waals surface area contributed by atoms with Crippen LogP contribution in [0, 0.1) is 5.92 Å². The molecule has 12 nitrogen and oxygen atoms in total. The Bertz CT molecular complexity index is 2220. The molecule has 14 heteroatoms. The molecule has 4 aromatic carbocycles. The SMILES string of the molecule is CCOc1ccc2c(c1)CC(NCCCCO)C(=O)N2c1cccc(CN2C(=O)[C@@]3(O[C@@H](CC(=O)N(CCO)Cc4ccccc4)[C@H]([Si](C)(C)O)[C@H]3C)c3cc(Cl)ccc32)c1. The summed E-state index contributed by atoms with van der Waals surface area (Å²) in [6.07, 6.45) is 0.982. The van der Waals surface area contributed by atoms with Gasteiger partial charge in [0.1, 0.15) is 5.75 Å². The van der Waals surface area contributed by atoms with Crippen LogP contribution in [0.25, 0.3) is 0 Å². The molecule has 0 aromatic heterocycles. The van der Waals surface area contributed by atoms with Gasteiger partial charge in [0, 0.05) is 47.4 Å². The van der Waals surface area contributed by atoms with Crippen LogP contribution in [0.3, 0.4) is 0 Å². The van der Waals surface area contributed by atoms with E-state index in [4.69, 9.17) is 21.1 Å². The summed E-state index contributed by atoms with van der Waals surface area (Å²) >= 11 is 6.66. The number of carbonyl (C=O) groups is 3. The van der Waals surface area contributed by atoms with Crippen molar-refractivity contribution in [3.8, 4) is 5.75 Å². The topological polar surface area (TPSA) is 152 Å². The summed E-state index contributed by atoms with van der Waals surface area (Å²) in [5, 5.41) is 23.1. The van der Waals surface area contributed by atoms with Crippen LogP contribution in [0.4, 0.5) is 17.1 Å². The largest absolute Gasteiger partial charge is 0.494 e. The van der Waals surface area contributed by atoms with Gasteiger partial charge in [-0.3, -0.25) is 19.3 Å². The standard InChI is InChI=1S/C47H57ClN4O8Si/c1-5-59-37-17-19-40-34(25-37)26-39(49-20-9-10-22-53)45(56)52(40)36-15-11-14-33(24-36)30-51-41-18-16-35(48)27-38(41)47(46(51)57)31(2)44(61(3,4)58)42(60-47)28-43(55)50(21-23-54)29-32-12-7-6-8-13-32/h6-8,11-19,24-25,27,31,39,42,44,49,53-54,58H,5,9-10,20-23,26,28-30H2,1-4H3/t31-,39?,42+,44-,47+/m1/s1. The third kappa shape index (κ3) is 9.01. The minimum absolute atomic E-state index is 0.0828. The highest BCUT2D eigenvalue weighted by Crippen LogP contribution is 2.60. The number of aliphatic hydroxyl groups is 2. The zero-order chi connectivity index (χ0) is 43.5. The lowest BCUT2D eigenvalue weighted by molar-refractivity contribution is -0.150. The summed E-state index contributed by atoms with van der Waals surface area (Å²) in [4.78, 5) is 60.5. The van der Waals surface area contributed by atoms with Crippen LogP contribution in [-0.2, 0) is 44.2 Å². The van der Waals surface area contributed by atoms with E-state index in [0.29, 0.717) is 54.5 Å². The van der Waals surface area contributed by atoms with Gasteiger partial charge in [-0.25, -0.2) is 0 Å². The highest BCUT2D eigenvalue weighted by Gasteiger charge is 2.66. The normalized spacial score (nSPS) is 22.2. The molecule has 3 aliphatic heterocycles. The van der Waals surface area contributed by atoms with Crippen LogP contribution in [0.5, 0.6) is 5.75 Å². The summed E-state index contributed by atoms with van der Waals surface area (Å²) in [5.74, 6) is -0.461. The average Bonchev–Trinajstić information content (AvgIpc) is 3.65. The number of anilines is 3. The van der Waals surface area contributed by atoms with Crippen molar-refractivity contribution in [2.45, 2.75) is 89.0 Å². The molecule has 7 rings (SSSR count). The quantitative estimate of drug-likeness (QED) is 0.0694.